The van der Waals surface area contributed by atoms with E-state index in [2.05, 4.69) is 4.98 Å². The molecular formula is C13H14FN3O. The Hall–Kier alpha value is -2.17. The van der Waals surface area contributed by atoms with Gasteiger partial charge < -0.3 is 10.3 Å². The Morgan fingerprint density at radius 1 is 1.50 bits per heavy atom. The maximum absolute atomic E-state index is 13.3. The minimum atomic E-state index is -0.588. The Labute approximate surface area is 104 Å². The lowest BCUT2D eigenvalue weighted by atomic mass is 10.1. The lowest BCUT2D eigenvalue weighted by molar-refractivity contribution is 0.102. The van der Waals surface area contributed by atoms with E-state index in [1.807, 2.05) is 6.92 Å². The zero-order valence-electron chi connectivity index (χ0n) is 10.1. The van der Waals surface area contributed by atoms with Gasteiger partial charge >= 0.3 is 0 Å². The molecule has 0 spiro atoms. The number of nitrogens with two attached hydrogens (primary N) is 1. The number of nitrogen functional groups attached to an aromatic ring is 1. The van der Waals surface area contributed by atoms with Gasteiger partial charge in [-0.2, -0.15) is 0 Å². The molecule has 2 N–H and O–H groups in total. The van der Waals surface area contributed by atoms with Crippen LogP contribution in [-0.4, -0.2) is 15.3 Å². The van der Waals surface area contributed by atoms with Crippen LogP contribution in [0.25, 0.3) is 0 Å². The van der Waals surface area contributed by atoms with Crippen molar-refractivity contribution >= 4 is 11.5 Å². The van der Waals surface area contributed by atoms with E-state index in [4.69, 9.17) is 5.73 Å². The van der Waals surface area contributed by atoms with E-state index in [1.165, 1.54) is 18.2 Å². The maximum atomic E-state index is 13.3. The van der Waals surface area contributed by atoms with E-state index >= 15 is 0 Å². The van der Waals surface area contributed by atoms with Gasteiger partial charge in [-0.05, 0) is 18.6 Å². The van der Waals surface area contributed by atoms with Crippen LogP contribution in [0, 0.1) is 5.82 Å². The van der Waals surface area contributed by atoms with Crippen LogP contribution in [0.3, 0.4) is 0 Å². The van der Waals surface area contributed by atoms with Gasteiger partial charge in [-0.15, -0.1) is 0 Å². The van der Waals surface area contributed by atoms with Crippen molar-refractivity contribution in [3.63, 3.8) is 0 Å². The average molecular weight is 247 g/mol. The molecule has 2 rings (SSSR count). The Morgan fingerprint density at radius 2 is 2.28 bits per heavy atom. The average Bonchev–Trinajstić information content (AvgIpc) is 2.80. The fraction of sp³-hybridized carbons (Fsp3) is 0.231. The minimum Gasteiger partial charge on any atom is -0.396 e. The third-order valence-corrected chi connectivity index (χ3v) is 2.68. The van der Waals surface area contributed by atoms with Crippen LogP contribution in [0.15, 0.2) is 30.6 Å². The van der Waals surface area contributed by atoms with Crippen molar-refractivity contribution in [3.8, 4) is 0 Å². The molecule has 0 aliphatic carbocycles. The van der Waals surface area contributed by atoms with Crippen molar-refractivity contribution in [1.29, 1.82) is 0 Å². The molecule has 1 heterocycles. The highest BCUT2D eigenvalue weighted by molar-refractivity contribution is 6.10. The molecule has 0 fully saturated rings. The number of halogens is 1. The third-order valence-electron chi connectivity index (χ3n) is 2.68. The van der Waals surface area contributed by atoms with Crippen molar-refractivity contribution in [2.45, 2.75) is 19.9 Å². The summed E-state index contributed by atoms with van der Waals surface area (Å²) in [7, 11) is 0. The first-order valence-electron chi connectivity index (χ1n) is 5.75. The molecule has 0 unspecified atom stereocenters. The molecule has 0 amide bonds. The summed E-state index contributed by atoms with van der Waals surface area (Å²) in [5.41, 5.74) is 5.60. The maximum Gasteiger partial charge on any atom is 0.230 e. The SMILES string of the molecule is CCCn1ccnc1C(=O)c1cccc(F)c1N. The van der Waals surface area contributed by atoms with Gasteiger partial charge in [0.2, 0.25) is 5.78 Å². The van der Waals surface area contributed by atoms with Gasteiger partial charge in [0.1, 0.15) is 5.82 Å². The number of anilines is 1. The molecular weight excluding hydrogens is 233 g/mol. The summed E-state index contributed by atoms with van der Waals surface area (Å²) in [5, 5.41) is 0. The smallest absolute Gasteiger partial charge is 0.230 e. The Bertz CT molecular complexity index is 577. The van der Waals surface area contributed by atoms with Crippen LogP contribution in [0.1, 0.15) is 29.5 Å². The highest BCUT2D eigenvalue weighted by atomic mass is 19.1. The molecule has 0 radical (unpaired) electrons. The molecule has 18 heavy (non-hydrogen) atoms. The van der Waals surface area contributed by atoms with Crippen molar-refractivity contribution in [2.75, 3.05) is 5.73 Å². The second-order valence-corrected chi connectivity index (χ2v) is 3.97. The summed E-state index contributed by atoms with van der Waals surface area (Å²) < 4.78 is 15.1. The first-order valence-corrected chi connectivity index (χ1v) is 5.75. The fourth-order valence-corrected chi connectivity index (χ4v) is 1.80. The fourth-order valence-electron chi connectivity index (χ4n) is 1.80. The lowest BCUT2D eigenvalue weighted by Crippen LogP contribution is -2.13. The standard InChI is InChI=1S/C13H14FN3O/c1-2-7-17-8-6-16-13(17)12(18)9-4-3-5-10(14)11(9)15/h3-6,8H,2,7,15H2,1H3. The van der Waals surface area contributed by atoms with Gasteiger partial charge in [-0.25, -0.2) is 9.37 Å². The summed E-state index contributed by atoms with van der Waals surface area (Å²) in [6, 6.07) is 4.20. The Morgan fingerprint density at radius 3 is 3.00 bits per heavy atom. The van der Waals surface area contributed by atoms with E-state index in [-0.39, 0.29) is 22.9 Å². The predicted molar refractivity (Wildman–Crippen MR) is 66.8 cm³/mol. The number of aryl methyl sites for hydroxylation is 1. The number of imidazole rings is 1. The third kappa shape index (κ3) is 2.11. The number of carbonyl (C=O) groups excluding carboxylic acids is 1. The molecule has 0 bridgehead atoms. The van der Waals surface area contributed by atoms with Crippen molar-refractivity contribution in [1.82, 2.24) is 9.55 Å². The molecule has 1 aromatic heterocycles. The number of ketones is 1. The van der Waals surface area contributed by atoms with Crippen LogP contribution in [0.5, 0.6) is 0 Å². The molecule has 5 heteroatoms. The molecule has 0 saturated heterocycles. The number of rotatable bonds is 4. The molecule has 4 nitrogen and oxygen atoms in total. The topological polar surface area (TPSA) is 60.9 Å². The number of hydrogen-bond donors (Lipinski definition) is 1. The van der Waals surface area contributed by atoms with Crippen molar-refractivity contribution in [2.24, 2.45) is 0 Å². The highest BCUT2D eigenvalue weighted by Crippen LogP contribution is 2.19. The molecule has 0 saturated carbocycles. The molecule has 0 atom stereocenters. The van der Waals surface area contributed by atoms with E-state index < -0.39 is 5.82 Å². The van der Waals surface area contributed by atoms with Crippen LogP contribution < -0.4 is 5.73 Å². The summed E-state index contributed by atoms with van der Waals surface area (Å²) in [5.74, 6) is -0.658. The van der Waals surface area contributed by atoms with Crippen LogP contribution in [0.2, 0.25) is 0 Å². The van der Waals surface area contributed by atoms with Crippen LogP contribution >= 0.6 is 0 Å². The van der Waals surface area contributed by atoms with Gasteiger partial charge in [-0.3, -0.25) is 4.79 Å². The van der Waals surface area contributed by atoms with E-state index in [0.29, 0.717) is 6.54 Å². The predicted octanol–water partition coefficient (Wildman–Crippen LogP) is 2.25. The van der Waals surface area contributed by atoms with Gasteiger partial charge in [0.05, 0.1) is 11.3 Å². The number of nitrogens with zero attached hydrogens (tertiary/aromatic N) is 2. The summed E-state index contributed by atoms with van der Waals surface area (Å²) in [6.45, 7) is 2.70. The molecule has 1 aromatic carbocycles. The summed E-state index contributed by atoms with van der Waals surface area (Å²) in [6.07, 6.45) is 4.17. The largest absolute Gasteiger partial charge is 0.396 e. The highest BCUT2D eigenvalue weighted by Gasteiger charge is 2.18. The summed E-state index contributed by atoms with van der Waals surface area (Å²) in [4.78, 5) is 16.3. The minimum absolute atomic E-state index is 0.131. The van der Waals surface area contributed by atoms with E-state index in [0.717, 1.165) is 6.42 Å². The Balaban J connectivity index is 2.42. The molecule has 94 valence electrons. The molecule has 0 aliphatic rings. The number of carbonyl (C=O) groups is 1. The monoisotopic (exact) mass is 247 g/mol. The second-order valence-electron chi connectivity index (χ2n) is 3.97. The number of benzene rings is 1. The van der Waals surface area contributed by atoms with Crippen LogP contribution in [0.4, 0.5) is 10.1 Å². The van der Waals surface area contributed by atoms with Crippen LogP contribution in [-0.2, 0) is 6.54 Å². The first-order chi connectivity index (χ1) is 8.65. The number of hydrogen-bond acceptors (Lipinski definition) is 3. The van der Waals surface area contributed by atoms with E-state index in [1.54, 1.807) is 17.0 Å². The van der Waals surface area contributed by atoms with Gasteiger partial charge in [0.15, 0.2) is 5.82 Å². The number of aromatic nitrogens is 2. The van der Waals surface area contributed by atoms with Gasteiger partial charge in [-0.1, -0.05) is 13.0 Å². The van der Waals surface area contributed by atoms with Gasteiger partial charge in [0.25, 0.3) is 0 Å². The lowest BCUT2D eigenvalue weighted by Gasteiger charge is -2.07. The van der Waals surface area contributed by atoms with Crippen molar-refractivity contribution < 1.29 is 9.18 Å². The molecule has 2 aromatic rings. The zero-order valence-corrected chi connectivity index (χ0v) is 10.1. The normalized spacial score (nSPS) is 10.6. The van der Waals surface area contributed by atoms with E-state index in [9.17, 15) is 9.18 Å². The number of para-hydroxylation sites is 1. The first kappa shape index (κ1) is 12.3. The Kier molecular flexibility index (Phi) is 3.41. The van der Waals surface area contributed by atoms with Gasteiger partial charge in [0, 0.05) is 18.9 Å². The summed E-state index contributed by atoms with van der Waals surface area (Å²) >= 11 is 0. The zero-order chi connectivity index (χ0) is 13.1. The van der Waals surface area contributed by atoms with Crippen molar-refractivity contribution in [3.05, 3.63) is 47.8 Å². The molecule has 0 aliphatic heterocycles. The second kappa shape index (κ2) is 5.00. The quantitative estimate of drug-likeness (QED) is 0.665.